The number of benzene rings is 1. The highest BCUT2D eigenvalue weighted by Crippen LogP contribution is 2.23. The van der Waals surface area contributed by atoms with Crippen LogP contribution in [0.4, 0.5) is 0 Å². The van der Waals surface area contributed by atoms with E-state index in [-0.39, 0.29) is 11.5 Å². The van der Waals surface area contributed by atoms with Crippen molar-refractivity contribution in [3.63, 3.8) is 0 Å². The van der Waals surface area contributed by atoms with E-state index in [1.54, 1.807) is 0 Å². The molecule has 0 bridgehead atoms. The molecule has 1 rings (SSSR count). The molecule has 0 radical (unpaired) electrons. The van der Waals surface area contributed by atoms with Crippen LogP contribution in [0.5, 0.6) is 5.75 Å². The van der Waals surface area contributed by atoms with Gasteiger partial charge in [-0.2, -0.15) is 5.26 Å². The zero-order valence-electron chi connectivity index (χ0n) is 13.6. The third-order valence-corrected chi connectivity index (χ3v) is 3.74. The summed E-state index contributed by atoms with van der Waals surface area (Å²) in [7, 11) is 0. The smallest absolute Gasteiger partial charge is 0.122 e. The minimum atomic E-state index is -0.230. The molecule has 1 atom stereocenters. The zero-order chi connectivity index (χ0) is 15.7. The Kier molecular flexibility index (Phi) is 7.25. The van der Waals surface area contributed by atoms with Crippen molar-refractivity contribution in [2.45, 2.75) is 58.9 Å². The Morgan fingerprint density at radius 1 is 1.29 bits per heavy atom. The van der Waals surface area contributed by atoms with Crippen LogP contribution in [-0.4, -0.2) is 12.6 Å². The summed E-state index contributed by atoms with van der Waals surface area (Å²) in [5, 5.41) is 8.98. The van der Waals surface area contributed by atoms with Crippen LogP contribution in [0.25, 0.3) is 0 Å². The lowest BCUT2D eigenvalue weighted by atomic mass is 9.89. The van der Waals surface area contributed by atoms with Gasteiger partial charge in [-0.1, -0.05) is 25.1 Å². The summed E-state index contributed by atoms with van der Waals surface area (Å²) in [6.45, 7) is 6.76. The van der Waals surface area contributed by atoms with Crippen molar-refractivity contribution in [2.75, 3.05) is 6.61 Å². The van der Waals surface area contributed by atoms with E-state index < -0.39 is 0 Å². The summed E-state index contributed by atoms with van der Waals surface area (Å²) in [5.74, 6) is 0.945. The fraction of sp³-hybridized carbons (Fsp3) is 0.611. The maximum Gasteiger partial charge on any atom is 0.122 e. The normalized spacial score (nSPS) is 12.7. The quantitative estimate of drug-likeness (QED) is 0.697. The molecule has 1 unspecified atom stereocenters. The first kappa shape index (κ1) is 17.5. The fourth-order valence-electron chi connectivity index (χ4n) is 2.15. The lowest BCUT2D eigenvalue weighted by Gasteiger charge is -2.16. The highest BCUT2D eigenvalue weighted by Gasteiger charge is 2.15. The second-order valence-corrected chi connectivity index (χ2v) is 6.28. The first-order chi connectivity index (χ1) is 9.98. The molecular weight excluding hydrogens is 260 g/mol. The molecule has 0 heterocycles. The van der Waals surface area contributed by atoms with Gasteiger partial charge in [-0.05, 0) is 57.6 Å². The van der Waals surface area contributed by atoms with E-state index in [4.69, 9.17) is 15.7 Å². The third kappa shape index (κ3) is 6.64. The minimum absolute atomic E-state index is 0.186. The summed E-state index contributed by atoms with van der Waals surface area (Å²) in [4.78, 5) is 0. The highest BCUT2D eigenvalue weighted by atomic mass is 16.5. The largest absolute Gasteiger partial charge is 0.493 e. The van der Waals surface area contributed by atoms with E-state index in [9.17, 15) is 0 Å². The van der Waals surface area contributed by atoms with Crippen molar-refractivity contribution in [2.24, 2.45) is 11.1 Å². The molecule has 0 aromatic heterocycles. The van der Waals surface area contributed by atoms with Crippen molar-refractivity contribution >= 4 is 0 Å². The zero-order valence-corrected chi connectivity index (χ0v) is 13.6. The molecule has 0 spiro atoms. The number of hydrogen-bond donors (Lipinski definition) is 1. The van der Waals surface area contributed by atoms with E-state index in [0.717, 1.165) is 37.9 Å². The van der Waals surface area contributed by atoms with Gasteiger partial charge in [0.05, 0.1) is 18.1 Å². The first-order valence-electron chi connectivity index (χ1n) is 7.86. The van der Waals surface area contributed by atoms with Crippen molar-refractivity contribution < 1.29 is 4.74 Å². The molecule has 1 aromatic rings. The van der Waals surface area contributed by atoms with Gasteiger partial charge in [0.2, 0.25) is 0 Å². The number of unbranched alkanes of at least 4 members (excludes halogenated alkanes) is 1. The van der Waals surface area contributed by atoms with Gasteiger partial charge in [-0.3, -0.25) is 0 Å². The molecule has 0 aliphatic rings. The number of nitrogens with zero attached hydrogens (tertiary/aromatic N) is 1. The van der Waals surface area contributed by atoms with Crippen molar-refractivity contribution in [3.8, 4) is 11.8 Å². The Balaban J connectivity index is 2.40. The first-order valence-corrected chi connectivity index (χ1v) is 7.86. The van der Waals surface area contributed by atoms with E-state index in [0.29, 0.717) is 6.61 Å². The molecule has 3 nitrogen and oxygen atoms in total. The molecule has 21 heavy (non-hydrogen) atoms. The molecule has 116 valence electrons. The van der Waals surface area contributed by atoms with Gasteiger partial charge in [-0.15, -0.1) is 0 Å². The monoisotopic (exact) mass is 288 g/mol. The number of hydrogen-bond acceptors (Lipinski definition) is 3. The standard InChI is InChI=1S/C18H28N2O/c1-4-16(20)13-15-9-5-6-10-17(15)21-12-8-7-11-18(2,3)14-19/h5-6,9-10,16H,4,7-8,11-13,20H2,1-3H3. The molecule has 0 aliphatic heterocycles. The molecule has 0 saturated heterocycles. The third-order valence-electron chi connectivity index (χ3n) is 3.74. The maximum absolute atomic E-state index is 8.98. The van der Waals surface area contributed by atoms with Gasteiger partial charge in [0, 0.05) is 6.04 Å². The maximum atomic E-state index is 8.98. The SMILES string of the molecule is CCC(N)Cc1ccccc1OCCCCC(C)(C)C#N. The molecule has 3 heteroatoms. The van der Waals surface area contributed by atoms with Gasteiger partial charge in [-0.25, -0.2) is 0 Å². The van der Waals surface area contributed by atoms with Crippen LogP contribution in [0, 0.1) is 16.7 Å². The molecule has 0 fully saturated rings. The number of nitrogens with two attached hydrogens (primary N) is 1. The Morgan fingerprint density at radius 3 is 2.67 bits per heavy atom. The summed E-state index contributed by atoms with van der Waals surface area (Å²) in [5.41, 5.74) is 6.98. The minimum Gasteiger partial charge on any atom is -0.493 e. The molecular formula is C18H28N2O. The van der Waals surface area contributed by atoms with Gasteiger partial charge in [0.1, 0.15) is 5.75 Å². The molecule has 2 N–H and O–H groups in total. The fourth-order valence-corrected chi connectivity index (χ4v) is 2.15. The highest BCUT2D eigenvalue weighted by molar-refractivity contribution is 5.33. The lowest BCUT2D eigenvalue weighted by Crippen LogP contribution is -2.21. The van der Waals surface area contributed by atoms with E-state index >= 15 is 0 Å². The van der Waals surface area contributed by atoms with E-state index in [1.165, 1.54) is 5.56 Å². The predicted molar refractivity (Wildman–Crippen MR) is 87.2 cm³/mol. The molecule has 0 aliphatic carbocycles. The molecule has 0 saturated carbocycles. The number of rotatable bonds is 9. The summed E-state index contributed by atoms with van der Waals surface area (Å²) in [6, 6.07) is 10.6. The predicted octanol–water partition coefficient (Wildman–Crippen LogP) is 4.07. The van der Waals surface area contributed by atoms with Crippen LogP contribution in [-0.2, 0) is 6.42 Å². The summed E-state index contributed by atoms with van der Waals surface area (Å²) < 4.78 is 5.89. The van der Waals surface area contributed by atoms with Crippen molar-refractivity contribution in [3.05, 3.63) is 29.8 Å². The Labute approximate surface area is 129 Å². The van der Waals surface area contributed by atoms with Crippen LogP contribution in [0.1, 0.15) is 52.0 Å². The van der Waals surface area contributed by atoms with Crippen LogP contribution in [0.3, 0.4) is 0 Å². The molecule has 1 aromatic carbocycles. The van der Waals surface area contributed by atoms with Crippen LogP contribution < -0.4 is 10.5 Å². The van der Waals surface area contributed by atoms with Gasteiger partial charge < -0.3 is 10.5 Å². The number of ether oxygens (including phenoxy) is 1. The number of nitriles is 1. The summed E-state index contributed by atoms with van der Waals surface area (Å²) in [6.07, 6.45) is 4.72. The van der Waals surface area contributed by atoms with Crippen LogP contribution in [0.15, 0.2) is 24.3 Å². The second kappa shape index (κ2) is 8.69. The second-order valence-electron chi connectivity index (χ2n) is 6.28. The van der Waals surface area contributed by atoms with Crippen LogP contribution in [0.2, 0.25) is 0 Å². The average molecular weight is 288 g/mol. The van der Waals surface area contributed by atoms with Gasteiger partial charge in [0.25, 0.3) is 0 Å². The van der Waals surface area contributed by atoms with Gasteiger partial charge >= 0.3 is 0 Å². The Hall–Kier alpha value is -1.53. The Bertz CT molecular complexity index is 463. The van der Waals surface area contributed by atoms with Gasteiger partial charge in [0.15, 0.2) is 0 Å². The topological polar surface area (TPSA) is 59.0 Å². The molecule has 0 amide bonds. The summed E-state index contributed by atoms with van der Waals surface area (Å²) >= 11 is 0. The van der Waals surface area contributed by atoms with E-state index in [2.05, 4.69) is 19.1 Å². The van der Waals surface area contributed by atoms with Crippen LogP contribution >= 0.6 is 0 Å². The van der Waals surface area contributed by atoms with Crippen molar-refractivity contribution in [1.82, 2.24) is 0 Å². The van der Waals surface area contributed by atoms with Crippen molar-refractivity contribution in [1.29, 1.82) is 5.26 Å². The Morgan fingerprint density at radius 2 is 2.00 bits per heavy atom. The number of para-hydroxylation sites is 1. The lowest BCUT2D eigenvalue weighted by molar-refractivity contribution is 0.292. The average Bonchev–Trinajstić information content (AvgIpc) is 2.48. The van der Waals surface area contributed by atoms with E-state index in [1.807, 2.05) is 32.0 Å².